The lowest BCUT2D eigenvalue weighted by molar-refractivity contribution is 1.05. The molecule has 0 bridgehead atoms. The van der Waals surface area contributed by atoms with Crippen molar-refractivity contribution < 1.29 is 0 Å². The molecule has 21 rings (SSSR count). The van der Waals surface area contributed by atoms with Gasteiger partial charge in [0.2, 0.25) is 0 Å². The first-order valence-corrected chi connectivity index (χ1v) is 39.8. The van der Waals surface area contributed by atoms with Crippen LogP contribution < -0.4 is 0 Å². The van der Waals surface area contributed by atoms with E-state index in [9.17, 15) is 0 Å². The van der Waals surface area contributed by atoms with Gasteiger partial charge in [-0.05, 0) is 323 Å². The molecule has 0 saturated carbocycles. The van der Waals surface area contributed by atoms with Gasteiger partial charge in [-0.15, -0.1) is 0 Å². The van der Waals surface area contributed by atoms with Gasteiger partial charge in [-0.1, -0.05) is 48.0 Å². The lowest BCUT2D eigenvalue weighted by atomic mass is 9.98. The van der Waals surface area contributed by atoms with Crippen LogP contribution in [0.3, 0.4) is 0 Å². The van der Waals surface area contributed by atoms with Crippen LogP contribution in [0.5, 0.6) is 0 Å². The number of benzene rings is 2. The molecule has 0 amide bonds. The Kier molecular flexibility index (Phi) is 20.8. The highest BCUT2D eigenvalue weighted by Gasteiger charge is 2.30. The van der Waals surface area contributed by atoms with Gasteiger partial charge in [0, 0.05) is 212 Å². The van der Waals surface area contributed by atoms with Crippen molar-refractivity contribution in [1.29, 1.82) is 0 Å². The molecule has 12 aromatic heterocycles. The van der Waals surface area contributed by atoms with Gasteiger partial charge >= 0.3 is 0 Å². The minimum absolute atomic E-state index is 0.958. The van der Waals surface area contributed by atoms with Crippen LogP contribution in [0.15, 0.2) is 135 Å². The van der Waals surface area contributed by atoms with E-state index in [1.165, 1.54) is 229 Å². The summed E-state index contributed by atoms with van der Waals surface area (Å²) in [6.07, 6.45) is 26.6. The Balaban J connectivity index is 0.000000104. The molecule has 113 heavy (non-hydrogen) atoms. The molecule has 0 spiro atoms. The molecule has 12 heterocycles. The number of hydrogen-bond donors (Lipinski definition) is 0. The molecule has 7 aliphatic rings. The number of hydrogen-bond acceptors (Lipinski definition) is 12. The molecule has 566 valence electrons. The summed E-state index contributed by atoms with van der Waals surface area (Å²) in [7, 11) is 0. The average molecular weight is 1480 g/mol. The fraction of sp³-hybridized carbons (Fsp3) is 0.287. The van der Waals surface area contributed by atoms with Gasteiger partial charge in [-0.2, -0.15) is 0 Å². The topological polar surface area (TPSA) is 155 Å². The van der Waals surface area contributed by atoms with Crippen LogP contribution >= 0.6 is 0 Å². The predicted molar refractivity (Wildman–Crippen MR) is 461 cm³/mol. The Hall–Kier alpha value is -11.8. The van der Waals surface area contributed by atoms with E-state index >= 15 is 0 Å². The zero-order chi connectivity index (χ0) is 79.9. The van der Waals surface area contributed by atoms with Crippen LogP contribution in [0.25, 0.3) is 77.9 Å². The van der Waals surface area contributed by atoms with Crippen molar-refractivity contribution in [2.24, 2.45) is 0 Å². The van der Waals surface area contributed by atoms with Crippen LogP contribution in [-0.4, -0.2) is 59.8 Å². The van der Waals surface area contributed by atoms with Crippen LogP contribution in [0, 0.1) is 152 Å². The molecule has 0 fully saturated rings. The van der Waals surface area contributed by atoms with Crippen molar-refractivity contribution in [3.63, 3.8) is 0 Å². The third-order valence-electron chi connectivity index (χ3n) is 25.4. The fourth-order valence-electron chi connectivity index (χ4n) is 17.6. The molecule has 14 aromatic rings. The Labute approximate surface area is 667 Å². The summed E-state index contributed by atoms with van der Waals surface area (Å²) in [6, 6.07) is 25.8. The average Bonchev–Trinajstić information content (AvgIpc) is 1.68. The zero-order valence-electron chi connectivity index (χ0n) is 70.0. The highest BCUT2D eigenvalue weighted by atomic mass is 14.8. The summed E-state index contributed by atoms with van der Waals surface area (Å²) in [5.41, 5.74) is 64.7. The zero-order valence-corrected chi connectivity index (χ0v) is 70.0. The summed E-state index contributed by atoms with van der Waals surface area (Å²) < 4.78 is 0. The Bertz CT molecular complexity index is 6200. The van der Waals surface area contributed by atoms with E-state index < -0.39 is 0 Å². The second-order valence-corrected chi connectivity index (χ2v) is 32.2. The normalized spacial score (nSPS) is 12.4. The number of aryl methyl sites for hydroxylation is 14. The Morgan fingerprint density at radius 2 is 0.602 bits per heavy atom. The molecular weight excluding hydrogens is 1380 g/mol. The van der Waals surface area contributed by atoms with E-state index in [4.69, 9.17) is 0 Å². The lowest BCUT2D eigenvalue weighted by Crippen LogP contribution is -1.97. The molecule has 0 aliphatic heterocycles. The van der Waals surface area contributed by atoms with Gasteiger partial charge in [0.1, 0.15) is 0 Å². The molecule has 0 radical (unpaired) electrons. The van der Waals surface area contributed by atoms with Crippen LogP contribution in [0.2, 0.25) is 0 Å². The molecule has 0 unspecified atom stereocenters. The van der Waals surface area contributed by atoms with Gasteiger partial charge in [0.15, 0.2) is 0 Å². The molecule has 0 N–H and O–H groups in total. The highest BCUT2D eigenvalue weighted by molar-refractivity contribution is 5.84. The Morgan fingerprint density at radius 3 is 1.17 bits per heavy atom. The fourth-order valence-corrected chi connectivity index (χ4v) is 17.6. The third-order valence-corrected chi connectivity index (χ3v) is 25.4. The number of aromatic nitrogens is 12. The second kappa shape index (κ2) is 30.7. The van der Waals surface area contributed by atoms with E-state index in [1.54, 1.807) is 0 Å². The maximum absolute atomic E-state index is 4.62. The minimum Gasteiger partial charge on any atom is -0.261 e. The molecule has 12 heteroatoms. The quantitative estimate of drug-likeness (QED) is 0.142. The van der Waals surface area contributed by atoms with Gasteiger partial charge in [-0.25, -0.2) is 0 Å². The molecule has 2 aromatic carbocycles. The number of rotatable bonds is 0. The standard InChI is InChI=1S/2C16H17N.4C14H14N2.C13H12N2/c1-9-5-10(2)13-7-14-11(3)12(4)17-8-16(14)15(13)6-9;1-9-5-6-13-14(10(9)2)7-15-11(3)12(4)17-8-16(13)15;1-8-4-12-13-7-15-10(3)9(2)11(13)5-14(12)16-6-8;1-8-4-5-15-13-6-11-9(2)10(3)16-7-12(11)14(8)13;1-8-4-5-11-13-7-15-10(3)9(2)12(13)6-14(11)16-8;1-8-9(2)16-10(3)14-11-5-4-6-15-13(11)7-12(8)14;1-8-9(2)15-7-12-10-4-3-5-14-13(10)6-11(8)12/h2*5-6,8H,7H2,1-4H3;4,6-7H,5H2,1-3H3;2*4-5,7H,6H2,1-3H3;4-6H,7H2,1-3H3;3-5,7H,6H2,1-2H3. The van der Waals surface area contributed by atoms with Gasteiger partial charge in [0.25, 0.3) is 0 Å². The van der Waals surface area contributed by atoms with E-state index in [-0.39, 0.29) is 0 Å². The summed E-state index contributed by atoms with van der Waals surface area (Å²) in [5.74, 6) is 0. The van der Waals surface area contributed by atoms with Crippen LogP contribution in [0.1, 0.15) is 202 Å². The van der Waals surface area contributed by atoms with E-state index in [0.29, 0.717) is 0 Å². The maximum atomic E-state index is 4.62. The smallest absolute Gasteiger partial charge is 0.0529 e. The van der Waals surface area contributed by atoms with Crippen molar-refractivity contribution in [1.82, 2.24) is 59.8 Å². The van der Waals surface area contributed by atoms with Crippen molar-refractivity contribution in [3.05, 3.63) is 337 Å². The SMILES string of the molecule is Cc1cc(C)c2c(c1)-c1cnc(C)c(C)c1C2.Cc1ccc2c(c1C)Cc1c-2cnc(C)c1C.Cc1ccc2c(n1)Cc1c-2cnc(C)c1C.Cc1ccnc2c1-c1cnc(C)c(C)c1C2.Cc1cnc2c(c1)-c1cnc(C)c(C)c1C2.Cc1nc(C)c2c(c1C)Cc1ncccc1-2.Cc1ncc2c(c1C)Cc1ncccc1-2. The van der Waals surface area contributed by atoms with Crippen molar-refractivity contribution in [2.75, 3.05) is 0 Å². The first-order valence-electron chi connectivity index (χ1n) is 39.8. The predicted octanol–water partition coefficient (Wildman–Crippen LogP) is 22.3. The summed E-state index contributed by atoms with van der Waals surface area (Å²) in [4.78, 5) is 53.9. The first-order chi connectivity index (χ1) is 54.1. The van der Waals surface area contributed by atoms with E-state index in [2.05, 4.69) is 266 Å². The van der Waals surface area contributed by atoms with Crippen LogP contribution in [-0.2, 0) is 44.9 Å². The van der Waals surface area contributed by atoms with Crippen LogP contribution in [0.4, 0.5) is 0 Å². The monoisotopic (exact) mass is 1480 g/mol. The summed E-state index contributed by atoms with van der Waals surface area (Å²) in [6.45, 7) is 46.8. The first kappa shape index (κ1) is 76.6. The van der Waals surface area contributed by atoms with E-state index in [1.807, 2.05) is 81.0 Å². The number of nitrogens with zero attached hydrogens (tertiary/aromatic N) is 12. The number of fused-ring (bicyclic) bond motifs is 21. The van der Waals surface area contributed by atoms with Gasteiger partial charge in [0.05, 0.1) is 28.5 Å². The van der Waals surface area contributed by atoms with Gasteiger partial charge < -0.3 is 0 Å². The van der Waals surface area contributed by atoms with Gasteiger partial charge in [-0.3, -0.25) is 59.8 Å². The molecular formula is C101H102N12. The second-order valence-electron chi connectivity index (χ2n) is 32.2. The molecule has 0 saturated heterocycles. The summed E-state index contributed by atoms with van der Waals surface area (Å²) >= 11 is 0. The van der Waals surface area contributed by atoms with Crippen molar-refractivity contribution >= 4 is 0 Å². The third kappa shape index (κ3) is 14.2. The van der Waals surface area contributed by atoms with Crippen molar-refractivity contribution in [3.8, 4) is 77.9 Å². The lowest BCUT2D eigenvalue weighted by Gasteiger charge is -2.10. The number of pyridine rings is 12. The minimum atomic E-state index is 0.958. The molecule has 7 aliphatic carbocycles. The molecule has 12 nitrogen and oxygen atoms in total. The highest BCUT2D eigenvalue weighted by Crippen LogP contribution is 2.46. The maximum Gasteiger partial charge on any atom is 0.0529 e. The molecule has 0 atom stereocenters. The van der Waals surface area contributed by atoms with E-state index in [0.717, 1.165) is 96.2 Å². The van der Waals surface area contributed by atoms with Crippen molar-refractivity contribution in [2.45, 2.75) is 197 Å². The largest absolute Gasteiger partial charge is 0.261 e. The Morgan fingerprint density at radius 1 is 0.204 bits per heavy atom. The summed E-state index contributed by atoms with van der Waals surface area (Å²) in [5, 5.41) is 0.